The highest BCUT2D eigenvalue weighted by Gasteiger charge is 2.01. The molecule has 0 unspecified atom stereocenters. The number of rotatable bonds is 17. The normalized spacial score (nSPS) is 13.0. The lowest BCUT2D eigenvalue weighted by molar-refractivity contribution is 0.435. The largest absolute Gasteiger partial charge is 0.0885 e. The Hall–Kier alpha value is -0.260. The second-order valence-electron chi connectivity index (χ2n) is 7.27. The van der Waals surface area contributed by atoms with Gasteiger partial charge in [-0.25, -0.2) is 0 Å². The van der Waals surface area contributed by atoms with Crippen LogP contribution >= 0.6 is 0 Å². The summed E-state index contributed by atoms with van der Waals surface area (Å²) in [6, 6.07) is 0. The maximum Gasteiger partial charge on any atom is -0.0351 e. The molecule has 0 spiro atoms. The summed E-state index contributed by atoms with van der Waals surface area (Å²) in [5.41, 5.74) is 0. The first-order valence-corrected chi connectivity index (χ1v) is 10.5. The van der Waals surface area contributed by atoms with Gasteiger partial charge in [-0.1, -0.05) is 110 Å². The van der Waals surface area contributed by atoms with Gasteiger partial charge in [-0.05, 0) is 31.6 Å². The van der Waals surface area contributed by atoms with E-state index in [0.717, 1.165) is 5.92 Å². The highest BCUT2D eigenvalue weighted by Crippen LogP contribution is 2.18. The minimum Gasteiger partial charge on any atom is -0.0885 e. The van der Waals surface area contributed by atoms with Crippen molar-refractivity contribution in [2.45, 2.75) is 124 Å². The van der Waals surface area contributed by atoms with Crippen molar-refractivity contribution in [3.63, 3.8) is 0 Å². The molecule has 0 saturated carbocycles. The first kappa shape index (κ1) is 21.7. The number of allylic oxidation sites excluding steroid dienone is 2. The fraction of sp³-hybridized carbons (Fsp3) is 0.909. The molecule has 0 heterocycles. The Morgan fingerprint density at radius 1 is 0.545 bits per heavy atom. The van der Waals surface area contributed by atoms with Gasteiger partial charge in [0.1, 0.15) is 0 Å². The Morgan fingerprint density at radius 2 is 0.955 bits per heavy atom. The molecule has 0 rings (SSSR count). The van der Waals surface area contributed by atoms with Crippen LogP contribution in [0.2, 0.25) is 0 Å². The molecule has 0 aliphatic rings. The lowest BCUT2D eigenvalue weighted by Gasteiger charge is -2.10. The smallest absolute Gasteiger partial charge is 0.0351 e. The quantitative estimate of drug-likeness (QED) is 0.187. The first-order valence-electron chi connectivity index (χ1n) is 10.5. The highest BCUT2D eigenvalue weighted by atomic mass is 14.1. The topological polar surface area (TPSA) is 0 Å². The molecular weight excluding hydrogens is 264 g/mol. The zero-order chi connectivity index (χ0) is 16.3. The van der Waals surface area contributed by atoms with Crippen LogP contribution in [-0.4, -0.2) is 0 Å². The predicted molar refractivity (Wildman–Crippen MR) is 104 cm³/mol. The molecule has 0 aromatic rings. The molecule has 0 N–H and O–H groups in total. The van der Waals surface area contributed by atoms with E-state index in [4.69, 9.17) is 0 Å². The Kier molecular flexibility index (Phi) is 18.6. The molecule has 0 aliphatic carbocycles. The Morgan fingerprint density at radius 3 is 1.55 bits per heavy atom. The van der Waals surface area contributed by atoms with Crippen molar-refractivity contribution in [3.8, 4) is 0 Å². The summed E-state index contributed by atoms with van der Waals surface area (Å²) in [6.45, 7) is 7.03. The van der Waals surface area contributed by atoms with Gasteiger partial charge in [0.25, 0.3) is 0 Å². The molecule has 22 heavy (non-hydrogen) atoms. The van der Waals surface area contributed by atoms with Crippen LogP contribution < -0.4 is 0 Å². The van der Waals surface area contributed by atoms with Crippen molar-refractivity contribution in [2.24, 2.45) is 5.92 Å². The van der Waals surface area contributed by atoms with Crippen LogP contribution in [0.4, 0.5) is 0 Å². The zero-order valence-corrected chi connectivity index (χ0v) is 16.0. The van der Waals surface area contributed by atoms with Crippen LogP contribution in [0.25, 0.3) is 0 Å². The summed E-state index contributed by atoms with van der Waals surface area (Å²) in [5, 5.41) is 0. The minimum atomic E-state index is 0.954. The Bertz CT molecular complexity index is 216. The van der Waals surface area contributed by atoms with E-state index in [-0.39, 0.29) is 0 Å². The van der Waals surface area contributed by atoms with E-state index in [1.165, 1.54) is 103 Å². The molecule has 0 saturated heterocycles. The van der Waals surface area contributed by atoms with E-state index in [9.17, 15) is 0 Å². The van der Waals surface area contributed by atoms with Gasteiger partial charge in [0.05, 0.1) is 0 Å². The fourth-order valence-electron chi connectivity index (χ4n) is 3.10. The van der Waals surface area contributed by atoms with Gasteiger partial charge in [-0.15, -0.1) is 0 Å². The summed E-state index contributed by atoms with van der Waals surface area (Å²) in [4.78, 5) is 0. The van der Waals surface area contributed by atoms with Crippen molar-refractivity contribution in [2.75, 3.05) is 0 Å². The summed E-state index contributed by atoms with van der Waals surface area (Å²) in [7, 11) is 0. The third-order valence-electron chi connectivity index (χ3n) is 4.76. The van der Waals surface area contributed by atoms with Crippen molar-refractivity contribution in [1.82, 2.24) is 0 Å². The molecule has 0 fully saturated rings. The van der Waals surface area contributed by atoms with Crippen LogP contribution in [-0.2, 0) is 0 Å². The van der Waals surface area contributed by atoms with Crippen LogP contribution in [0.5, 0.6) is 0 Å². The lowest BCUT2D eigenvalue weighted by atomic mass is 9.96. The van der Waals surface area contributed by atoms with Crippen molar-refractivity contribution >= 4 is 0 Å². The average Bonchev–Trinajstić information content (AvgIpc) is 2.52. The summed E-state index contributed by atoms with van der Waals surface area (Å²) in [5.74, 6) is 0.954. The molecule has 0 aromatic heterocycles. The predicted octanol–water partition coefficient (Wildman–Crippen LogP) is 8.46. The van der Waals surface area contributed by atoms with E-state index in [0.29, 0.717) is 0 Å². The van der Waals surface area contributed by atoms with Gasteiger partial charge >= 0.3 is 0 Å². The highest BCUT2D eigenvalue weighted by molar-refractivity contribution is 4.81. The van der Waals surface area contributed by atoms with Gasteiger partial charge in [0, 0.05) is 0 Å². The van der Waals surface area contributed by atoms with Crippen LogP contribution in [0.1, 0.15) is 124 Å². The number of hydrogen-bond acceptors (Lipinski definition) is 0. The number of unbranched alkanes of at least 4 members (excludes halogenated alkanes) is 11. The summed E-state index contributed by atoms with van der Waals surface area (Å²) >= 11 is 0. The van der Waals surface area contributed by atoms with E-state index < -0.39 is 0 Å². The van der Waals surface area contributed by atoms with Gasteiger partial charge < -0.3 is 0 Å². The number of hydrogen-bond donors (Lipinski definition) is 0. The third kappa shape index (κ3) is 17.8. The second kappa shape index (κ2) is 18.8. The monoisotopic (exact) mass is 308 g/mol. The van der Waals surface area contributed by atoms with Crippen molar-refractivity contribution < 1.29 is 0 Å². The molecular formula is C22H44. The molecule has 1 atom stereocenters. The van der Waals surface area contributed by atoms with E-state index in [1.807, 2.05) is 0 Å². The van der Waals surface area contributed by atoms with E-state index in [1.54, 1.807) is 0 Å². The lowest BCUT2D eigenvalue weighted by Crippen LogP contribution is -1.95. The van der Waals surface area contributed by atoms with Crippen LogP contribution in [0.15, 0.2) is 12.2 Å². The van der Waals surface area contributed by atoms with Crippen molar-refractivity contribution in [3.05, 3.63) is 12.2 Å². The van der Waals surface area contributed by atoms with E-state index in [2.05, 4.69) is 32.9 Å². The summed E-state index contributed by atoms with van der Waals surface area (Å²) in [6.07, 6.45) is 27.3. The SMILES string of the molecule is CCCCC/C=C\CCCCC[C@H](C)CCCCCCCC. The standard InChI is InChI=1S/C22H44/c1-4-6-8-10-12-13-14-15-17-19-21-22(3)20-18-16-11-9-7-5-2/h12-13,22H,4-11,14-21H2,1-3H3/b13-12-/t22-/m1/s1. The molecule has 0 aliphatic heterocycles. The zero-order valence-electron chi connectivity index (χ0n) is 16.0. The van der Waals surface area contributed by atoms with Crippen molar-refractivity contribution in [1.29, 1.82) is 0 Å². The summed E-state index contributed by atoms with van der Waals surface area (Å²) < 4.78 is 0. The molecule has 132 valence electrons. The molecule has 0 nitrogen and oxygen atoms in total. The maximum atomic E-state index is 2.46. The molecule has 0 heteroatoms. The van der Waals surface area contributed by atoms with E-state index >= 15 is 0 Å². The second-order valence-corrected chi connectivity index (χ2v) is 7.27. The van der Waals surface area contributed by atoms with Crippen LogP contribution in [0, 0.1) is 5.92 Å². The molecule has 0 amide bonds. The van der Waals surface area contributed by atoms with Gasteiger partial charge in [-0.3, -0.25) is 0 Å². The van der Waals surface area contributed by atoms with Gasteiger partial charge in [0.15, 0.2) is 0 Å². The molecule has 0 bridgehead atoms. The third-order valence-corrected chi connectivity index (χ3v) is 4.76. The average molecular weight is 309 g/mol. The minimum absolute atomic E-state index is 0.954. The van der Waals surface area contributed by atoms with Gasteiger partial charge in [-0.2, -0.15) is 0 Å². The van der Waals surface area contributed by atoms with Crippen LogP contribution in [0.3, 0.4) is 0 Å². The Balaban J connectivity index is 3.19. The first-order chi connectivity index (χ1) is 10.8. The Labute approximate surface area is 142 Å². The fourth-order valence-corrected chi connectivity index (χ4v) is 3.10. The molecule has 0 aromatic carbocycles. The molecule has 0 radical (unpaired) electrons. The van der Waals surface area contributed by atoms with Gasteiger partial charge in [0.2, 0.25) is 0 Å². The maximum absolute atomic E-state index is 2.46.